The van der Waals surface area contributed by atoms with Crippen LogP contribution in [0.15, 0.2) is 43.0 Å². The number of aromatic nitrogens is 1. The maximum Gasteiger partial charge on any atom is 0.340 e. The zero-order chi connectivity index (χ0) is 22.1. The minimum absolute atomic E-state index is 0.224. The number of hydrogen-bond acceptors (Lipinski definition) is 6. The third kappa shape index (κ3) is 5.94. The van der Waals surface area contributed by atoms with Crippen molar-refractivity contribution in [2.75, 3.05) is 19.8 Å². The van der Waals surface area contributed by atoms with Gasteiger partial charge in [0.15, 0.2) is 6.61 Å². The predicted molar refractivity (Wildman–Crippen MR) is 113 cm³/mol. The summed E-state index contributed by atoms with van der Waals surface area (Å²) in [5.41, 5.74) is 2.33. The smallest absolute Gasteiger partial charge is 0.340 e. The van der Waals surface area contributed by atoms with Crippen molar-refractivity contribution in [3.8, 4) is 5.75 Å². The van der Waals surface area contributed by atoms with E-state index in [0.717, 1.165) is 5.56 Å². The highest BCUT2D eigenvalue weighted by Gasteiger charge is 2.23. The molecule has 0 aliphatic carbocycles. The van der Waals surface area contributed by atoms with E-state index in [0.29, 0.717) is 29.2 Å². The molecule has 158 valence electrons. The standard InChI is InChI=1S/C23H25NO6/c1-5-13-29-18-10-7-17(8-11-18)9-12-20(26)30-14-19(25)22-15(3)21(16(4)24-22)23(27)28-6-2/h5,7-12,24H,1,6,13-14H2,2-4H3/b12-9+. The number of Topliss-reactive ketones (excluding diaryl/α,β-unsaturated/α-hetero) is 1. The maximum atomic E-state index is 12.4. The summed E-state index contributed by atoms with van der Waals surface area (Å²) in [5.74, 6) is -0.888. The van der Waals surface area contributed by atoms with Crippen LogP contribution in [0.4, 0.5) is 0 Å². The molecule has 1 aromatic heterocycles. The van der Waals surface area contributed by atoms with Crippen molar-refractivity contribution in [2.24, 2.45) is 0 Å². The monoisotopic (exact) mass is 411 g/mol. The number of aryl methyl sites for hydroxylation is 1. The number of carbonyl (C=O) groups excluding carboxylic acids is 3. The number of ketones is 1. The van der Waals surface area contributed by atoms with Crippen LogP contribution < -0.4 is 4.74 Å². The number of hydrogen-bond donors (Lipinski definition) is 1. The molecule has 0 aliphatic heterocycles. The molecule has 0 saturated heterocycles. The molecule has 0 spiro atoms. The zero-order valence-corrected chi connectivity index (χ0v) is 17.3. The fourth-order valence-corrected chi connectivity index (χ4v) is 2.79. The largest absolute Gasteiger partial charge is 0.490 e. The Morgan fingerprint density at radius 1 is 1.10 bits per heavy atom. The average Bonchev–Trinajstić information content (AvgIpc) is 3.04. The minimum atomic E-state index is -0.651. The van der Waals surface area contributed by atoms with E-state index in [1.807, 2.05) is 0 Å². The van der Waals surface area contributed by atoms with Gasteiger partial charge >= 0.3 is 11.9 Å². The molecule has 0 bridgehead atoms. The first-order valence-electron chi connectivity index (χ1n) is 9.45. The summed E-state index contributed by atoms with van der Waals surface area (Å²) in [6.07, 6.45) is 4.47. The number of carbonyl (C=O) groups is 3. The Bertz CT molecular complexity index is 953. The van der Waals surface area contributed by atoms with Gasteiger partial charge in [0.1, 0.15) is 12.4 Å². The highest BCUT2D eigenvalue weighted by Crippen LogP contribution is 2.19. The quantitative estimate of drug-likeness (QED) is 0.276. The normalized spacial score (nSPS) is 10.6. The summed E-state index contributed by atoms with van der Waals surface area (Å²) in [6.45, 7) is 8.82. The van der Waals surface area contributed by atoms with Gasteiger partial charge in [-0.3, -0.25) is 4.79 Å². The van der Waals surface area contributed by atoms with Crippen molar-refractivity contribution in [1.29, 1.82) is 0 Å². The molecule has 1 heterocycles. The van der Waals surface area contributed by atoms with Gasteiger partial charge in [-0.1, -0.05) is 24.8 Å². The summed E-state index contributed by atoms with van der Waals surface area (Å²) < 4.78 is 15.4. The second-order valence-electron chi connectivity index (χ2n) is 6.38. The van der Waals surface area contributed by atoms with Crippen molar-refractivity contribution in [3.63, 3.8) is 0 Å². The summed E-state index contributed by atoms with van der Waals surface area (Å²) in [4.78, 5) is 39.2. The van der Waals surface area contributed by atoms with Gasteiger partial charge in [0, 0.05) is 11.8 Å². The Balaban J connectivity index is 1.94. The second-order valence-corrected chi connectivity index (χ2v) is 6.38. The molecule has 0 amide bonds. The Hall–Kier alpha value is -3.61. The first kappa shape index (κ1) is 22.7. The van der Waals surface area contributed by atoms with Crippen LogP contribution in [0.25, 0.3) is 6.08 Å². The molecule has 0 fully saturated rings. The van der Waals surface area contributed by atoms with Gasteiger partial charge in [0.2, 0.25) is 5.78 Å². The van der Waals surface area contributed by atoms with E-state index in [1.54, 1.807) is 57.2 Å². The molecule has 0 aliphatic rings. The fraction of sp³-hybridized carbons (Fsp3) is 0.261. The Morgan fingerprint density at radius 3 is 2.43 bits per heavy atom. The second kappa shape index (κ2) is 10.8. The molecule has 0 radical (unpaired) electrons. The number of aromatic amines is 1. The van der Waals surface area contributed by atoms with Crippen LogP contribution >= 0.6 is 0 Å². The van der Waals surface area contributed by atoms with Crippen LogP contribution in [-0.2, 0) is 14.3 Å². The summed E-state index contributed by atoms with van der Waals surface area (Å²) in [5, 5.41) is 0. The third-order valence-corrected chi connectivity index (χ3v) is 4.20. The van der Waals surface area contributed by atoms with Crippen LogP contribution in [0.2, 0.25) is 0 Å². The molecule has 2 aromatic rings. The van der Waals surface area contributed by atoms with Crippen LogP contribution in [0.5, 0.6) is 5.75 Å². The van der Waals surface area contributed by atoms with E-state index in [2.05, 4.69) is 11.6 Å². The average molecular weight is 411 g/mol. The van der Waals surface area contributed by atoms with Crippen molar-refractivity contribution >= 4 is 23.8 Å². The van der Waals surface area contributed by atoms with Crippen LogP contribution in [0.3, 0.4) is 0 Å². The first-order valence-corrected chi connectivity index (χ1v) is 9.45. The van der Waals surface area contributed by atoms with E-state index in [9.17, 15) is 14.4 Å². The lowest BCUT2D eigenvalue weighted by atomic mass is 10.1. The van der Waals surface area contributed by atoms with E-state index in [-0.39, 0.29) is 12.3 Å². The van der Waals surface area contributed by atoms with Gasteiger partial charge in [-0.2, -0.15) is 0 Å². The molecule has 2 rings (SSSR count). The van der Waals surface area contributed by atoms with Gasteiger partial charge in [0.25, 0.3) is 0 Å². The lowest BCUT2D eigenvalue weighted by Gasteiger charge is -2.04. The summed E-state index contributed by atoms with van der Waals surface area (Å²) >= 11 is 0. The number of rotatable bonds is 10. The van der Waals surface area contributed by atoms with Gasteiger partial charge < -0.3 is 19.2 Å². The predicted octanol–water partition coefficient (Wildman–Crippen LogP) is 3.81. The van der Waals surface area contributed by atoms with E-state index < -0.39 is 24.3 Å². The zero-order valence-electron chi connectivity index (χ0n) is 17.3. The molecule has 1 aromatic carbocycles. The van der Waals surface area contributed by atoms with Gasteiger partial charge in [-0.05, 0) is 50.1 Å². The van der Waals surface area contributed by atoms with Gasteiger partial charge in [-0.25, -0.2) is 9.59 Å². The summed E-state index contributed by atoms with van der Waals surface area (Å²) in [6, 6.07) is 7.12. The SMILES string of the molecule is C=CCOc1ccc(/C=C/C(=O)OCC(=O)c2[nH]c(C)c(C(=O)OCC)c2C)cc1. The first-order chi connectivity index (χ1) is 14.4. The van der Waals surface area contributed by atoms with E-state index in [4.69, 9.17) is 14.2 Å². The molecule has 7 nitrogen and oxygen atoms in total. The van der Waals surface area contributed by atoms with Crippen LogP contribution in [0, 0.1) is 13.8 Å². The molecule has 0 unspecified atom stereocenters. The lowest BCUT2D eigenvalue weighted by molar-refractivity contribution is -0.136. The Morgan fingerprint density at radius 2 is 1.80 bits per heavy atom. The Kier molecular flexibility index (Phi) is 8.17. The molecule has 7 heteroatoms. The lowest BCUT2D eigenvalue weighted by Crippen LogP contribution is -2.14. The molecule has 0 saturated carbocycles. The topological polar surface area (TPSA) is 94.7 Å². The molecule has 1 N–H and O–H groups in total. The molecule has 30 heavy (non-hydrogen) atoms. The number of benzene rings is 1. The van der Waals surface area contributed by atoms with Gasteiger partial charge in [0.05, 0.1) is 17.9 Å². The molecular weight excluding hydrogens is 386 g/mol. The Labute approximate surface area is 175 Å². The number of H-pyrrole nitrogens is 1. The number of esters is 2. The fourth-order valence-electron chi connectivity index (χ4n) is 2.79. The van der Waals surface area contributed by atoms with E-state index in [1.165, 1.54) is 6.08 Å². The number of nitrogens with one attached hydrogen (secondary N) is 1. The minimum Gasteiger partial charge on any atom is -0.490 e. The summed E-state index contributed by atoms with van der Waals surface area (Å²) in [7, 11) is 0. The van der Waals surface area contributed by atoms with Crippen molar-refractivity contribution < 1.29 is 28.6 Å². The van der Waals surface area contributed by atoms with Crippen LogP contribution in [0.1, 0.15) is 44.6 Å². The van der Waals surface area contributed by atoms with Crippen molar-refractivity contribution in [2.45, 2.75) is 20.8 Å². The van der Waals surface area contributed by atoms with E-state index >= 15 is 0 Å². The van der Waals surface area contributed by atoms with Crippen LogP contribution in [-0.4, -0.2) is 42.5 Å². The highest BCUT2D eigenvalue weighted by molar-refractivity contribution is 6.03. The van der Waals surface area contributed by atoms with Crippen molar-refractivity contribution in [1.82, 2.24) is 4.98 Å². The highest BCUT2D eigenvalue weighted by atomic mass is 16.5. The third-order valence-electron chi connectivity index (χ3n) is 4.20. The molecule has 0 atom stereocenters. The molecular formula is C23H25NO6. The van der Waals surface area contributed by atoms with Crippen molar-refractivity contribution in [3.05, 3.63) is 71.1 Å². The number of ether oxygens (including phenoxy) is 3. The van der Waals surface area contributed by atoms with Gasteiger partial charge in [-0.15, -0.1) is 0 Å². The maximum absolute atomic E-state index is 12.4.